The fraction of sp³-hybridized carbons (Fsp3) is 0.118. The van der Waals surface area contributed by atoms with Gasteiger partial charge >= 0.3 is 5.97 Å². The Kier molecular flexibility index (Phi) is 8.64. The molecular formula is C17H17BrO3. The van der Waals surface area contributed by atoms with Crippen molar-refractivity contribution in [3.05, 3.63) is 77.8 Å². The van der Waals surface area contributed by atoms with Crippen molar-refractivity contribution in [1.29, 1.82) is 0 Å². The van der Waals surface area contributed by atoms with Gasteiger partial charge in [-0.1, -0.05) is 58.9 Å². The van der Waals surface area contributed by atoms with Gasteiger partial charge in [-0.2, -0.15) is 0 Å². The minimum absolute atomic E-state index is 0.236. The highest BCUT2D eigenvalue weighted by atomic mass is 79.9. The summed E-state index contributed by atoms with van der Waals surface area (Å²) in [5.41, 5.74) is 0. The fourth-order valence-corrected chi connectivity index (χ4v) is 1.60. The molecule has 0 aliphatic carbocycles. The van der Waals surface area contributed by atoms with Gasteiger partial charge in [-0.3, -0.25) is 0 Å². The lowest BCUT2D eigenvalue weighted by molar-refractivity contribution is -0.138. The summed E-state index contributed by atoms with van der Waals surface area (Å²) >= 11 is 3.31. The third kappa shape index (κ3) is 8.65. The molecule has 2 aromatic rings. The highest BCUT2D eigenvalue weighted by Crippen LogP contribution is 2.07. The molecule has 21 heavy (non-hydrogen) atoms. The van der Waals surface area contributed by atoms with Crippen molar-refractivity contribution in [2.75, 3.05) is 13.2 Å². The molecule has 3 nitrogen and oxygen atoms in total. The lowest BCUT2D eigenvalue weighted by atomic mass is 10.3. The van der Waals surface area contributed by atoms with Crippen molar-refractivity contribution in [3.8, 4) is 5.75 Å². The minimum Gasteiger partial charge on any atom is -0.490 e. The predicted molar refractivity (Wildman–Crippen MR) is 87.2 cm³/mol. The highest BCUT2D eigenvalue weighted by molar-refractivity contribution is 9.10. The minimum atomic E-state index is -0.429. The van der Waals surface area contributed by atoms with Gasteiger partial charge < -0.3 is 9.47 Å². The third-order valence-corrected chi connectivity index (χ3v) is 2.77. The Morgan fingerprint density at radius 2 is 1.57 bits per heavy atom. The second kappa shape index (κ2) is 10.7. The molecule has 0 N–H and O–H groups in total. The average molecular weight is 349 g/mol. The molecule has 110 valence electrons. The maximum Gasteiger partial charge on any atom is 0.330 e. The Balaban J connectivity index is 0.000000262. The number of hydrogen-bond donors (Lipinski definition) is 0. The van der Waals surface area contributed by atoms with Crippen LogP contribution in [-0.4, -0.2) is 19.2 Å². The van der Waals surface area contributed by atoms with Gasteiger partial charge in [0.15, 0.2) is 0 Å². The summed E-state index contributed by atoms with van der Waals surface area (Å²) in [5, 5.41) is 0. The van der Waals surface area contributed by atoms with Gasteiger partial charge in [0, 0.05) is 10.5 Å². The molecule has 0 spiro atoms. The average Bonchev–Trinajstić information content (AvgIpc) is 2.53. The summed E-state index contributed by atoms with van der Waals surface area (Å²) in [4.78, 5) is 10.6. The Hall–Kier alpha value is -2.07. The monoisotopic (exact) mass is 348 g/mol. The molecule has 0 fully saturated rings. The van der Waals surface area contributed by atoms with E-state index in [1.165, 1.54) is 0 Å². The van der Waals surface area contributed by atoms with Gasteiger partial charge in [-0.05, 0) is 24.3 Å². The molecule has 0 amide bonds. The second-order valence-electron chi connectivity index (χ2n) is 3.83. The number of hydrogen-bond acceptors (Lipinski definition) is 3. The molecule has 0 radical (unpaired) electrons. The molecule has 0 saturated carbocycles. The zero-order chi connectivity index (χ0) is 15.3. The molecule has 2 aromatic carbocycles. The molecule has 0 atom stereocenters. The van der Waals surface area contributed by atoms with Gasteiger partial charge in [-0.25, -0.2) is 4.79 Å². The summed E-state index contributed by atoms with van der Waals surface area (Å²) < 4.78 is 11.2. The first-order valence-electron chi connectivity index (χ1n) is 6.40. The Labute approximate surface area is 133 Å². The fourth-order valence-electron chi connectivity index (χ4n) is 1.29. The van der Waals surface area contributed by atoms with E-state index in [2.05, 4.69) is 22.5 Å². The van der Waals surface area contributed by atoms with Gasteiger partial charge in [0.25, 0.3) is 0 Å². The van der Waals surface area contributed by atoms with Crippen LogP contribution in [0.5, 0.6) is 5.75 Å². The van der Waals surface area contributed by atoms with E-state index < -0.39 is 5.97 Å². The van der Waals surface area contributed by atoms with Crippen LogP contribution in [0.15, 0.2) is 77.8 Å². The van der Waals surface area contributed by atoms with E-state index >= 15 is 0 Å². The summed E-state index contributed by atoms with van der Waals surface area (Å²) in [7, 11) is 0. The predicted octanol–water partition coefficient (Wildman–Crippen LogP) is 4.24. The lowest BCUT2D eigenvalue weighted by Crippen LogP contribution is -2.09. The van der Waals surface area contributed by atoms with Crippen LogP contribution < -0.4 is 4.74 Å². The van der Waals surface area contributed by atoms with Gasteiger partial charge in [0.2, 0.25) is 0 Å². The zero-order valence-corrected chi connectivity index (χ0v) is 13.2. The first kappa shape index (κ1) is 17.0. The Morgan fingerprint density at radius 1 is 1.00 bits per heavy atom. The van der Waals surface area contributed by atoms with E-state index in [9.17, 15) is 4.79 Å². The van der Waals surface area contributed by atoms with Crippen molar-refractivity contribution in [2.45, 2.75) is 0 Å². The van der Waals surface area contributed by atoms with E-state index in [1.807, 2.05) is 60.7 Å². The number of carbonyl (C=O) groups is 1. The summed E-state index contributed by atoms with van der Waals surface area (Å²) in [6.07, 6.45) is 1.13. The summed E-state index contributed by atoms with van der Waals surface area (Å²) in [6, 6.07) is 19.3. The molecule has 0 unspecified atom stereocenters. The number of ether oxygens (including phenoxy) is 2. The Bertz CT molecular complexity index is 526. The number of benzene rings is 2. The molecule has 0 aromatic heterocycles. The Morgan fingerprint density at radius 3 is 2.05 bits per heavy atom. The van der Waals surface area contributed by atoms with Crippen molar-refractivity contribution in [3.63, 3.8) is 0 Å². The van der Waals surface area contributed by atoms with Crippen LogP contribution in [0.25, 0.3) is 0 Å². The molecule has 0 saturated heterocycles. The van der Waals surface area contributed by atoms with Gasteiger partial charge in [-0.15, -0.1) is 0 Å². The summed E-state index contributed by atoms with van der Waals surface area (Å²) in [5.74, 6) is 0.337. The number of carbonyl (C=O) groups excluding carboxylic acids is 1. The topological polar surface area (TPSA) is 35.5 Å². The summed E-state index contributed by atoms with van der Waals surface area (Å²) in [6.45, 7) is 3.87. The van der Waals surface area contributed by atoms with Crippen LogP contribution in [0.3, 0.4) is 0 Å². The SMILES string of the molecule is Brc1ccccc1.C=CC(=O)OCCOc1ccccc1. The molecule has 0 bridgehead atoms. The van der Waals surface area contributed by atoms with Crippen LogP contribution in [0.4, 0.5) is 0 Å². The van der Waals surface area contributed by atoms with Gasteiger partial charge in [0.05, 0.1) is 0 Å². The van der Waals surface area contributed by atoms with Crippen LogP contribution in [-0.2, 0) is 9.53 Å². The smallest absolute Gasteiger partial charge is 0.330 e. The van der Waals surface area contributed by atoms with E-state index in [0.717, 1.165) is 16.3 Å². The molecule has 2 rings (SSSR count). The maximum absolute atomic E-state index is 10.6. The second-order valence-corrected chi connectivity index (χ2v) is 4.74. The zero-order valence-electron chi connectivity index (χ0n) is 11.6. The van der Waals surface area contributed by atoms with Crippen molar-refractivity contribution >= 4 is 21.9 Å². The number of halogens is 1. The number of para-hydroxylation sites is 1. The quantitative estimate of drug-likeness (QED) is 0.460. The molecule has 0 aliphatic rings. The van der Waals surface area contributed by atoms with E-state index in [4.69, 9.17) is 9.47 Å². The number of esters is 1. The van der Waals surface area contributed by atoms with Crippen molar-refractivity contribution in [1.82, 2.24) is 0 Å². The lowest BCUT2D eigenvalue weighted by Gasteiger charge is -2.05. The van der Waals surface area contributed by atoms with Crippen LogP contribution in [0.2, 0.25) is 0 Å². The standard InChI is InChI=1S/C11H12O3.C6H5Br/c1-2-11(12)14-9-8-13-10-6-4-3-5-7-10;7-6-4-2-1-3-5-6/h2-7H,1,8-9H2;1-5H. The van der Waals surface area contributed by atoms with Crippen LogP contribution in [0.1, 0.15) is 0 Å². The van der Waals surface area contributed by atoms with Crippen molar-refractivity contribution in [2.24, 2.45) is 0 Å². The third-order valence-electron chi connectivity index (χ3n) is 2.24. The van der Waals surface area contributed by atoms with Gasteiger partial charge in [0.1, 0.15) is 19.0 Å². The molecule has 0 heterocycles. The first-order chi connectivity index (χ1) is 10.2. The van der Waals surface area contributed by atoms with Crippen molar-refractivity contribution < 1.29 is 14.3 Å². The molecule has 0 aliphatic heterocycles. The van der Waals surface area contributed by atoms with E-state index in [1.54, 1.807) is 0 Å². The number of rotatable bonds is 5. The van der Waals surface area contributed by atoms with E-state index in [-0.39, 0.29) is 6.61 Å². The first-order valence-corrected chi connectivity index (χ1v) is 7.19. The molecule has 4 heteroatoms. The maximum atomic E-state index is 10.6. The highest BCUT2D eigenvalue weighted by Gasteiger charge is 1.95. The normalized spacial score (nSPS) is 9.00. The van der Waals surface area contributed by atoms with Crippen LogP contribution >= 0.6 is 15.9 Å². The molecular weight excluding hydrogens is 332 g/mol. The van der Waals surface area contributed by atoms with E-state index in [0.29, 0.717) is 6.61 Å². The largest absolute Gasteiger partial charge is 0.490 e. The van der Waals surface area contributed by atoms with Crippen LogP contribution in [0, 0.1) is 0 Å².